The number of nitrogens with one attached hydrogen (secondary N) is 1. The minimum absolute atomic E-state index is 0. The third kappa shape index (κ3) is 7.63. The van der Waals surface area contributed by atoms with Crippen LogP contribution in [0.4, 0.5) is 0 Å². The van der Waals surface area contributed by atoms with Gasteiger partial charge in [0, 0.05) is 14.1 Å². The van der Waals surface area contributed by atoms with Crippen LogP contribution in [0.3, 0.4) is 0 Å². The van der Waals surface area contributed by atoms with Crippen LogP contribution in [0.25, 0.3) is 41.9 Å². The molecule has 0 fully saturated rings. The number of halogens is 3. The largest absolute Gasteiger partial charge is 8.00 e. The van der Waals surface area contributed by atoms with Gasteiger partial charge in [0.1, 0.15) is 5.65 Å². The number of aromatic amines is 1. The molecule has 0 aliphatic heterocycles. The molecule has 132 valence electrons. The van der Waals surface area contributed by atoms with Gasteiger partial charge in [-0.05, 0) is 0 Å². The topological polar surface area (TPSA) is 240 Å². The Morgan fingerprint density at radius 3 is 1.73 bits per heavy atom. The van der Waals surface area contributed by atoms with E-state index in [-0.39, 0.29) is 104 Å². The van der Waals surface area contributed by atoms with Gasteiger partial charge in [0.05, 0.1) is 43.5 Å². The zero-order valence-corrected chi connectivity index (χ0v) is 16.2. The van der Waals surface area contributed by atoms with Crippen LogP contribution in [-0.2, 0) is 33.6 Å². The molecule has 0 saturated carbocycles. The van der Waals surface area contributed by atoms with E-state index >= 15 is 0 Å². The first-order valence-corrected chi connectivity index (χ1v) is 3.72. The van der Waals surface area contributed by atoms with Gasteiger partial charge in [0.25, 0.3) is 5.56 Å². The summed E-state index contributed by atoms with van der Waals surface area (Å²) in [6, 6.07) is 0. The molecule has 11 nitrogen and oxygen atoms in total. The summed E-state index contributed by atoms with van der Waals surface area (Å²) in [6.45, 7) is 0. The predicted molar refractivity (Wildman–Crippen MR) is 81.4 cm³/mol. The summed E-state index contributed by atoms with van der Waals surface area (Å²) in [5, 5.41) is 0. The molecule has 2 heterocycles. The fourth-order valence-electron chi connectivity index (χ4n) is 1.27. The molecule has 2 aromatic rings. The van der Waals surface area contributed by atoms with Crippen LogP contribution in [0.15, 0.2) is 15.9 Å². The fraction of sp³-hybridized carbons (Fsp3) is 0.286. The van der Waals surface area contributed by atoms with Gasteiger partial charge >= 0.3 is 25.2 Å². The Balaban J connectivity index is -0.0000000363. The summed E-state index contributed by atoms with van der Waals surface area (Å²) in [7, 11) is 3.01. The quantitative estimate of drug-likeness (QED) is 0.549. The smallest absolute Gasteiger partial charge is 0.693 e. The number of aromatic nitrogens is 4. The minimum atomic E-state index is -0.376. The van der Waals surface area contributed by atoms with Crippen molar-refractivity contribution < 1.29 is 56.7 Å². The number of rotatable bonds is 0. The average molecular weight is 474 g/mol. The molecule has 0 unspecified atom stereocenters. The molecule has 0 aliphatic rings. The Bertz CT molecular complexity index is 599. The van der Waals surface area contributed by atoms with Crippen molar-refractivity contribution in [3.63, 3.8) is 0 Å². The third-order valence-electron chi connectivity index (χ3n) is 2.04. The molecule has 0 saturated heterocycles. The Morgan fingerprint density at radius 2 is 1.32 bits per heavy atom. The van der Waals surface area contributed by atoms with E-state index in [1.54, 1.807) is 7.05 Å². The van der Waals surface area contributed by atoms with Crippen LogP contribution in [0.5, 0.6) is 0 Å². The Labute approximate surface area is 158 Å². The van der Waals surface area contributed by atoms with Crippen molar-refractivity contribution in [2.45, 2.75) is 0 Å². The second-order valence-corrected chi connectivity index (χ2v) is 2.81. The van der Waals surface area contributed by atoms with Crippen molar-refractivity contribution >= 4 is 11.2 Å². The second kappa shape index (κ2) is 18.5. The van der Waals surface area contributed by atoms with Crippen LogP contribution in [-0.4, -0.2) is 19.1 Å². The molecular formula is C7H24Cl3N9O2Ru+6. The van der Waals surface area contributed by atoms with E-state index in [9.17, 15) is 9.59 Å². The zero-order valence-electron chi connectivity index (χ0n) is 11.8. The predicted octanol–water partition coefficient (Wildman–Crippen LogP) is 0.937. The molecule has 22 heavy (non-hydrogen) atoms. The second-order valence-electron chi connectivity index (χ2n) is 2.81. The number of imidazole rings is 1. The number of H-pyrrole nitrogens is 1. The minimum Gasteiger partial charge on any atom is -0.693 e. The molecule has 0 radical (unpaired) electrons. The first-order valence-electron chi connectivity index (χ1n) is 3.72. The van der Waals surface area contributed by atoms with Gasteiger partial charge in [-0.25, -0.2) is 9.78 Å². The maximum Gasteiger partial charge on any atom is 8.00 e. The van der Waals surface area contributed by atoms with E-state index in [1.807, 2.05) is 0 Å². The molecule has 0 atom stereocenters. The molecule has 2 rings (SSSR count). The molecule has 0 spiro atoms. The zero-order chi connectivity index (χ0) is 9.59. The summed E-state index contributed by atoms with van der Waals surface area (Å²) in [5.74, 6) is 0. The van der Waals surface area contributed by atoms with Gasteiger partial charge in [-0.1, -0.05) is 0 Å². The van der Waals surface area contributed by atoms with E-state index in [0.717, 1.165) is 4.57 Å². The maximum atomic E-state index is 11.4. The molecule has 0 aromatic carbocycles. The normalized spacial score (nSPS) is 6.45. The fourth-order valence-corrected chi connectivity index (χ4v) is 1.27. The van der Waals surface area contributed by atoms with E-state index in [0.29, 0.717) is 5.65 Å². The van der Waals surface area contributed by atoms with Crippen LogP contribution < -0.4 is 11.2 Å². The van der Waals surface area contributed by atoms with Crippen molar-refractivity contribution in [3.8, 4) is 0 Å². The number of nitrogens with zero attached hydrogens (tertiary/aromatic N) is 3. The number of aryl methyl sites for hydroxylation is 1. The molecule has 15 heteroatoms. The average Bonchev–Trinajstić information content (AvgIpc) is 2.59. The van der Waals surface area contributed by atoms with Crippen LogP contribution in [0.2, 0.25) is 0 Å². The SMILES string of the molecule is Cn1c(=O)c2nc[nH]c2n(C)c1=O.[ClH2+].[ClH2+].[ClH2+].[NH2-].[NH2-].[NH2-].[NH2-].[NH2-].[Ru+8]. The van der Waals surface area contributed by atoms with Gasteiger partial charge in [0.2, 0.25) is 0 Å². The van der Waals surface area contributed by atoms with Gasteiger partial charge < -0.3 is 35.7 Å². The number of nitrogens with two attached hydrogens (primary N) is 5. The van der Waals surface area contributed by atoms with E-state index in [1.165, 1.54) is 17.9 Å². The van der Waals surface area contributed by atoms with Gasteiger partial charge in [-0.15, -0.1) is 0 Å². The number of fused-ring (bicyclic) bond motifs is 1. The van der Waals surface area contributed by atoms with Gasteiger partial charge in [-0.3, -0.25) is 13.9 Å². The van der Waals surface area contributed by atoms with Crippen LogP contribution in [0, 0.1) is 37.2 Å². The van der Waals surface area contributed by atoms with E-state index in [2.05, 4.69) is 9.97 Å². The van der Waals surface area contributed by atoms with Crippen molar-refractivity contribution in [2.75, 3.05) is 0 Å². The van der Waals surface area contributed by atoms with Gasteiger partial charge in [0.15, 0.2) is 5.52 Å². The molecule has 11 N–H and O–H groups in total. The van der Waals surface area contributed by atoms with E-state index in [4.69, 9.17) is 0 Å². The van der Waals surface area contributed by atoms with Crippen LogP contribution >= 0.6 is 0 Å². The molecule has 0 aliphatic carbocycles. The van der Waals surface area contributed by atoms with Crippen molar-refractivity contribution in [3.05, 3.63) is 57.9 Å². The van der Waals surface area contributed by atoms with E-state index < -0.39 is 0 Å². The molecular weight excluding hydrogens is 450 g/mol. The van der Waals surface area contributed by atoms with Crippen molar-refractivity contribution in [1.82, 2.24) is 19.1 Å². The summed E-state index contributed by atoms with van der Waals surface area (Å²) >= 11 is 0. The Hall–Kier alpha value is -0.557. The summed E-state index contributed by atoms with van der Waals surface area (Å²) in [4.78, 5) is 29.4. The van der Waals surface area contributed by atoms with Crippen molar-refractivity contribution in [2.24, 2.45) is 14.1 Å². The van der Waals surface area contributed by atoms with Crippen LogP contribution in [0.1, 0.15) is 0 Å². The molecule has 2 aromatic heterocycles. The monoisotopic (exact) mass is 473 g/mol. The summed E-state index contributed by atoms with van der Waals surface area (Å²) in [5.41, 5.74) is -0.00111. The first-order chi connectivity index (χ1) is 6.13. The number of hydrogen-bond acceptors (Lipinski definition) is 3. The first kappa shape index (κ1) is 49.6. The molecule has 0 bridgehead atoms. The maximum absolute atomic E-state index is 11.4. The summed E-state index contributed by atoms with van der Waals surface area (Å²) < 4.78 is 2.38. The van der Waals surface area contributed by atoms with Gasteiger partial charge in [-0.2, -0.15) is 0 Å². The standard InChI is InChI=1S/C7H8N4O2.3ClH2.5H2N.Ru/c1-10-5-4(8-3-9-5)6(12)11(2)7(10)13;;;;;;;;;/h3H,1-2H3,(H,8,9);8*1H2;/q;3*+1;5*-1;+8. The third-order valence-corrected chi connectivity index (χ3v) is 2.04. The van der Waals surface area contributed by atoms with Crippen molar-refractivity contribution in [1.29, 1.82) is 0 Å². The Kier molecular flexibility index (Phi) is 41.7. The number of hydrogen-bond donors (Lipinski definition) is 1. The summed E-state index contributed by atoms with van der Waals surface area (Å²) in [6.07, 6.45) is 1.39. The molecule has 0 amide bonds. The Morgan fingerprint density at radius 1 is 0.909 bits per heavy atom.